The van der Waals surface area contributed by atoms with E-state index in [9.17, 15) is 4.79 Å². The molecule has 0 heterocycles. The number of anilines is 1. The lowest BCUT2D eigenvalue weighted by Crippen LogP contribution is -2.24. The van der Waals surface area contributed by atoms with Crippen molar-refractivity contribution in [3.8, 4) is 12.3 Å². The van der Waals surface area contributed by atoms with Crippen LogP contribution in [0.4, 0.5) is 5.69 Å². The molecule has 0 aliphatic heterocycles. The van der Waals surface area contributed by atoms with Crippen LogP contribution in [0.3, 0.4) is 0 Å². The van der Waals surface area contributed by atoms with E-state index in [4.69, 9.17) is 11.2 Å². The van der Waals surface area contributed by atoms with Crippen LogP contribution in [0.1, 0.15) is 39.2 Å². The molecule has 0 bridgehead atoms. The highest BCUT2D eigenvalue weighted by molar-refractivity contribution is 5.69. The summed E-state index contributed by atoms with van der Waals surface area (Å²) in [5.74, 6) is 2.43. The summed E-state index contributed by atoms with van der Waals surface area (Å²) in [7, 11) is 0. The summed E-state index contributed by atoms with van der Waals surface area (Å²) in [5.41, 5.74) is 1.41. The number of rotatable bonds is 5. The van der Waals surface area contributed by atoms with Crippen molar-refractivity contribution in [2.45, 2.75) is 39.2 Å². The summed E-state index contributed by atoms with van der Waals surface area (Å²) in [6.07, 6.45) is 6.48. The van der Waals surface area contributed by atoms with Gasteiger partial charge in [0, 0.05) is 24.2 Å². The molecule has 3 heteroatoms. The summed E-state index contributed by atoms with van der Waals surface area (Å²) in [6, 6.07) is 7.65. The fraction of sp³-hybridized carbons (Fsp3) is 0.438. The van der Waals surface area contributed by atoms with Gasteiger partial charge in [-0.2, -0.15) is 0 Å². The Morgan fingerprint density at radius 2 is 2.16 bits per heavy atom. The first-order valence-corrected chi connectivity index (χ1v) is 6.43. The molecular formula is C16H21NO2. The lowest BCUT2D eigenvalue weighted by atomic mass is 10.2. The maximum atomic E-state index is 11.5. The molecule has 0 atom stereocenters. The van der Waals surface area contributed by atoms with Crippen molar-refractivity contribution in [3.05, 3.63) is 29.8 Å². The summed E-state index contributed by atoms with van der Waals surface area (Å²) in [6.45, 7) is 6.32. The molecule has 0 saturated heterocycles. The van der Waals surface area contributed by atoms with Gasteiger partial charge >= 0.3 is 5.97 Å². The van der Waals surface area contributed by atoms with Crippen LogP contribution < -0.4 is 5.32 Å². The maximum absolute atomic E-state index is 11.5. The summed E-state index contributed by atoms with van der Waals surface area (Å²) >= 11 is 0. The summed E-state index contributed by atoms with van der Waals surface area (Å²) in [4.78, 5) is 11.5. The molecule has 0 spiro atoms. The Hall–Kier alpha value is -1.95. The molecule has 3 nitrogen and oxygen atoms in total. The highest BCUT2D eigenvalue weighted by Crippen LogP contribution is 2.11. The van der Waals surface area contributed by atoms with Crippen LogP contribution in [0.15, 0.2) is 24.3 Å². The van der Waals surface area contributed by atoms with Gasteiger partial charge in [-0.05, 0) is 45.4 Å². The second kappa shape index (κ2) is 6.84. The van der Waals surface area contributed by atoms with Crippen molar-refractivity contribution in [1.82, 2.24) is 0 Å². The SMILES string of the molecule is C#Cc1cccc(NCCCC(=O)OC(C)(C)C)c1. The number of carbonyl (C=O) groups is 1. The van der Waals surface area contributed by atoms with Crippen molar-refractivity contribution in [2.24, 2.45) is 0 Å². The van der Waals surface area contributed by atoms with E-state index in [2.05, 4.69) is 11.2 Å². The van der Waals surface area contributed by atoms with Crippen LogP contribution >= 0.6 is 0 Å². The number of hydrogen-bond donors (Lipinski definition) is 1. The molecule has 0 unspecified atom stereocenters. The molecule has 0 amide bonds. The van der Waals surface area contributed by atoms with Crippen LogP contribution in [-0.4, -0.2) is 18.1 Å². The number of benzene rings is 1. The molecule has 19 heavy (non-hydrogen) atoms. The number of nitrogens with one attached hydrogen (secondary N) is 1. The van der Waals surface area contributed by atoms with Crippen LogP contribution in [-0.2, 0) is 9.53 Å². The van der Waals surface area contributed by atoms with E-state index in [1.54, 1.807) is 0 Å². The Morgan fingerprint density at radius 1 is 1.42 bits per heavy atom. The molecule has 0 radical (unpaired) electrons. The maximum Gasteiger partial charge on any atom is 0.306 e. The third kappa shape index (κ3) is 6.52. The van der Waals surface area contributed by atoms with Gasteiger partial charge in [-0.15, -0.1) is 6.42 Å². The average molecular weight is 259 g/mol. The predicted molar refractivity (Wildman–Crippen MR) is 77.9 cm³/mol. The molecule has 0 saturated carbocycles. The van der Waals surface area contributed by atoms with Crippen molar-refractivity contribution in [1.29, 1.82) is 0 Å². The number of ether oxygens (including phenoxy) is 1. The van der Waals surface area contributed by atoms with Gasteiger partial charge < -0.3 is 10.1 Å². The molecule has 1 aromatic rings. The van der Waals surface area contributed by atoms with E-state index in [1.165, 1.54) is 0 Å². The van der Waals surface area contributed by atoms with Crippen molar-refractivity contribution >= 4 is 11.7 Å². The van der Waals surface area contributed by atoms with E-state index in [0.717, 1.165) is 17.7 Å². The normalized spacial score (nSPS) is 10.6. The number of esters is 1. The Labute approximate surface area is 115 Å². The third-order valence-corrected chi connectivity index (χ3v) is 2.34. The lowest BCUT2D eigenvalue weighted by Gasteiger charge is -2.19. The monoisotopic (exact) mass is 259 g/mol. The fourth-order valence-corrected chi connectivity index (χ4v) is 1.58. The first-order valence-electron chi connectivity index (χ1n) is 6.43. The Balaban J connectivity index is 2.28. The molecule has 0 fully saturated rings. The van der Waals surface area contributed by atoms with Gasteiger partial charge in [-0.25, -0.2) is 0 Å². The van der Waals surface area contributed by atoms with Crippen molar-refractivity contribution in [3.63, 3.8) is 0 Å². The zero-order chi connectivity index (χ0) is 14.3. The first-order chi connectivity index (χ1) is 8.90. The minimum Gasteiger partial charge on any atom is -0.460 e. The number of hydrogen-bond acceptors (Lipinski definition) is 3. The highest BCUT2D eigenvalue weighted by Gasteiger charge is 2.15. The average Bonchev–Trinajstić information content (AvgIpc) is 2.33. The molecule has 1 aromatic carbocycles. The second-order valence-electron chi connectivity index (χ2n) is 5.34. The summed E-state index contributed by atoms with van der Waals surface area (Å²) in [5, 5.41) is 3.23. The molecular weight excluding hydrogens is 238 g/mol. The zero-order valence-electron chi connectivity index (χ0n) is 11.8. The predicted octanol–water partition coefficient (Wildman–Crippen LogP) is 3.20. The molecule has 0 aromatic heterocycles. The first kappa shape index (κ1) is 15.1. The van der Waals surface area contributed by atoms with Gasteiger partial charge in [0.1, 0.15) is 5.60 Å². The van der Waals surface area contributed by atoms with Crippen molar-refractivity contribution in [2.75, 3.05) is 11.9 Å². The molecule has 1 N–H and O–H groups in total. The third-order valence-electron chi connectivity index (χ3n) is 2.34. The van der Waals surface area contributed by atoms with E-state index in [0.29, 0.717) is 13.0 Å². The topological polar surface area (TPSA) is 38.3 Å². The van der Waals surface area contributed by atoms with Gasteiger partial charge in [-0.3, -0.25) is 4.79 Å². The number of carbonyl (C=O) groups excluding carboxylic acids is 1. The summed E-state index contributed by atoms with van der Waals surface area (Å²) < 4.78 is 5.23. The fourth-order valence-electron chi connectivity index (χ4n) is 1.58. The van der Waals surface area contributed by atoms with Gasteiger partial charge in [0.15, 0.2) is 0 Å². The lowest BCUT2D eigenvalue weighted by molar-refractivity contribution is -0.154. The van der Waals surface area contributed by atoms with Crippen LogP contribution in [0, 0.1) is 12.3 Å². The van der Waals surface area contributed by atoms with Crippen molar-refractivity contribution < 1.29 is 9.53 Å². The second-order valence-corrected chi connectivity index (χ2v) is 5.34. The molecule has 0 aliphatic carbocycles. The largest absolute Gasteiger partial charge is 0.460 e. The minimum atomic E-state index is -0.411. The van der Waals surface area contributed by atoms with E-state index < -0.39 is 5.60 Å². The standard InChI is InChI=1S/C16H21NO2/c1-5-13-8-6-9-14(12-13)17-11-7-10-15(18)19-16(2,3)4/h1,6,8-9,12,17H,7,10-11H2,2-4H3. The van der Waals surface area contributed by atoms with Gasteiger partial charge in [0.05, 0.1) is 0 Å². The minimum absolute atomic E-state index is 0.160. The van der Waals surface area contributed by atoms with Gasteiger partial charge in [0.2, 0.25) is 0 Å². The molecule has 102 valence electrons. The Kier molecular flexibility index (Phi) is 5.44. The molecule has 1 rings (SSSR count). The van der Waals surface area contributed by atoms with E-state index in [-0.39, 0.29) is 5.97 Å². The molecule has 0 aliphatic rings. The number of terminal acetylenes is 1. The van der Waals surface area contributed by atoms with E-state index in [1.807, 2.05) is 45.0 Å². The highest BCUT2D eigenvalue weighted by atomic mass is 16.6. The van der Waals surface area contributed by atoms with Crippen LogP contribution in [0.25, 0.3) is 0 Å². The quantitative estimate of drug-likeness (QED) is 0.501. The Bertz CT molecular complexity index is 466. The van der Waals surface area contributed by atoms with Gasteiger partial charge in [0.25, 0.3) is 0 Å². The van der Waals surface area contributed by atoms with Crippen LogP contribution in [0.5, 0.6) is 0 Å². The van der Waals surface area contributed by atoms with E-state index >= 15 is 0 Å². The van der Waals surface area contributed by atoms with Crippen LogP contribution in [0.2, 0.25) is 0 Å². The zero-order valence-corrected chi connectivity index (χ0v) is 11.8. The van der Waals surface area contributed by atoms with Gasteiger partial charge in [-0.1, -0.05) is 12.0 Å². The smallest absolute Gasteiger partial charge is 0.306 e. The Morgan fingerprint density at radius 3 is 2.79 bits per heavy atom.